The first-order valence-corrected chi connectivity index (χ1v) is 6.64. The Labute approximate surface area is 99.9 Å². The van der Waals surface area contributed by atoms with Gasteiger partial charge in [-0.05, 0) is 13.0 Å². The summed E-state index contributed by atoms with van der Waals surface area (Å²) in [6, 6.07) is 1.77. The highest BCUT2D eigenvalue weighted by molar-refractivity contribution is 7.93. The van der Waals surface area contributed by atoms with E-state index in [0.717, 1.165) is 0 Å². The zero-order valence-corrected chi connectivity index (χ0v) is 10.5. The van der Waals surface area contributed by atoms with Crippen molar-refractivity contribution in [2.24, 2.45) is 5.73 Å². The van der Waals surface area contributed by atoms with Crippen molar-refractivity contribution in [1.29, 1.82) is 0 Å². The lowest BCUT2D eigenvalue weighted by atomic mass is 10.5. The first-order chi connectivity index (χ1) is 7.43. The Morgan fingerprint density at radius 1 is 1.69 bits per heavy atom. The smallest absolute Gasteiger partial charge is 0.220 e. The Morgan fingerprint density at radius 2 is 2.38 bits per heavy atom. The zero-order chi connectivity index (χ0) is 12.2. The minimum Gasteiger partial charge on any atom is -0.392 e. The van der Waals surface area contributed by atoms with E-state index in [-0.39, 0.29) is 11.5 Å². The van der Waals surface area contributed by atoms with Crippen LogP contribution in [-0.4, -0.2) is 35.0 Å². The van der Waals surface area contributed by atoms with E-state index in [2.05, 4.69) is 22.0 Å². The second kappa shape index (κ2) is 5.37. The molecule has 0 amide bonds. The summed E-state index contributed by atoms with van der Waals surface area (Å²) in [5.41, 5.74) is 5.28. The molecule has 0 aliphatic carbocycles. The normalized spacial score (nSPS) is 13.6. The van der Waals surface area contributed by atoms with E-state index in [4.69, 9.17) is 5.73 Å². The molecule has 3 N–H and O–H groups in total. The van der Waals surface area contributed by atoms with Gasteiger partial charge in [-0.15, -0.1) is 0 Å². The Morgan fingerprint density at radius 3 is 2.88 bits per heavy atom. The second-order valence-corrected chi connectivity index (χ2v) is 5.81. The van der Waals surface area contributed by atoms with Gasteiger partial charge in [-0.25, -0.2) is 13.1 Å². The van der Waals surface area contributed by atoms with Gasteiger partial charge in [0.25, 0.3) is 0 Å². The van der Waals surface area contributed by atoms with Gasteiger partial charge in [-0.3, -0.25) is 4.68 Å². The molecule has 8 heteroatoms. The second-order valence-electron chi connectivity index (χ2n) is 3.25. The lowest BCUT2D eigenvalue weighted by Gasteiger charge is -2.12. The summed E-state index contributed by atoms with van der Waals surface area (Å²) in [4.78, 5) is -0.0356. The number of nitrogens with two attached hydrogens (primary N) is 1. The number of hydrogen-bond donors (Lipinski definition) is 2. The number of aromatic nitrogens is 2. The SMILES string of the molecule is CC(C(N)=S)S(=O)(=O)NCCn1cccn1. The van der Waals surface area contributed by atoms with Crippen molar-refractivity contribution < 1.29 is 8.42 Å². The van der Waals surface area contributed by atoms with Gasteiger partial charge in [0.05, 0.1) is 11.5 Å². The van der Waals surface area contributed by atoms with Crippen LogP contribution in [0.3, 0.4) is 0 Å². The third kappa shape index (κ3) is 3.54. The maximum Gasteiger partial charge on any atom is 0.220 e. The molecule has 0 fully saturated rings. The van der Waals surface area contributed by atoms with Crippen LogP contribution in [0.2, 0.25) is 0 Å². The van der Waals surface area contributed by atoms with Crippen LogP contribution in [0.4, 0.5) is 0 Å². The number of nitrogens with one attached hydrogen (secondary N) is 1. The molecule has 6 nitrogen and oxygen atoms in total. The highest BCUT2D eigenvalue weighted by Crippen LogP contribution is 1.98. The molecule has 1 unspecified atom stereocenters. The summed E-state index contributed by atoms with van der Waals surface area (Å²) in [6.07, 6.45) is 3.39. The topological polar surface area (TPSA) is 90.0 Å². The molecule has 0 saturated heterocycles. The molecule has 0 spiro atoms. The van der Waals surface area contributed by atoms with Gasteiger partial charge in [-0.2, -0.15) is 5.10 Å². The predicted molar refractivity (Wildman–Crippen MR) is 65.4 cm³/mol. The van der Waals surface area contributed by atoms with Crippen LogP contribution in [0.15, 0.2) is 18.5 Å². The zero-order valence-electron chi connectivity index (χ0n) is 8.83. The van der Waals surface area contributed by atoms with E-state index >= 15 is 0 Å². The van der Waals surface area contributed by atoms with E-state index in [0.29, 0.717) is 6.54 Å². The molecule has 90 valence electrons. The monoisotopic (exact) mass is 262 g/mol. The molecule has 1 heterocycles. The lowest BCUT2D eigenvalue weighted by molar-refractivity contribution is 0.558. The van der Waals surface area contributed by atoms with Gasteiger partial charge >= 0.3 is 0 Å². The summed E-state index contributed by atoms with van der Waals surface area (Å²) in [7, 11) is -3.47. The lowest BCUT2D eigenvalue weighted by Crippen LogP contribution is -2.41. The molecule has 0 aromatic carbocycles. The van der Waals surface area contributed by atoms with Gasteiger partial charge < -0.3 is 5.73 Å². The molecule has 1 atom stereocenters. The van der Waals surface area contributed by atoms with E-state index in [1.807, 2.05) is 0 Å². The van der Waals surface area contributed by atoms with Gasteiger partial charge in [-0.1, -0.05) is 12.2 Å². The average molecular weight is 262 g/mol. The number of thiocarbonyl (C=S) groups is 1. The molecule has 1 aromatic heterocycles. The Kier molecular flexibility index (Phi) is 4.39. The standard InChI is InChI=1S/C8H14N4O2S2/c1-7(8(9)15)16(13,14)11-4-6-12-5-2-3-10-12/h2-3,5,7,11H,4,6H2,1H3,(H2,9,15). The molecule has 0 aliphatic heterocycles. The van der Waals surface area contributed by atoms with Crippen molar-refractivity contribution in [3.05, 3.63) is 18.5 Å². The van der Waals surface area contributed by atoms with Crippen molar-refractivity contribution in [1.82, 2.24) is 14.5 Å². The summed E-state index contributed by atoms with van der Waals surface area (Å²) in [6.45, 7) is 2.19. The van der Waals surface area contributed by atoms with Crippen LogP contribution in [0.5, 0.6) is 0 Å². The van der Waals surface area contributed by atoms with Crippen molar-refractivity contribution in [2.45, 2.75) is 18.7 Å². The van der Waals surface area contributed by atoms with E-state index in [1.165, 1.54) is 6.92 Å². The predicted octanol–water partition coefficient (Wildman–Crippen LogP) is -0.523. The Hall–Kier alpha value is -0.990. The van der Waals surface area contributed by atoms with Crippen molar-refractivity contribution >= 4 is 27.2 Å². The molecular formula is C8H14N4O2S2. The first-order valence-electron chi connectivity index (χ1n) is 4.68. The number of nitrogens with zero attached hydrogens (tertiary/aromatic N) is 2. The van der Waals surface area contributed by atoms with Crippen LogP contribution in [0.1, 0.15) is 6.92 Å². The largest absolute Gasteiger partial charge is 0.392 e. The van der Waals surface area contributed by atoms with Gasteiger partial charge in [0.15, 0.2) is 0 Å². The fourth-order valence-electron chi connectivity index (χ4n) is 1.01. The van der Waals surface area contributed by atoms with Crippen LogP contribution >= 0.6 is 12.2 Å². The van der Waals surface area contributed by atoms with Crippen molar-refractivity contribution in [2.75, 3.05) is 6.54 Å². The average Bonchev–Trinajstić information content (AvgIpc) is 2.69. The van der Waals surface area contributed by atoms with E-state index in [1.54, 1.807) is 23.1 Å². The maximum atomic E-state index is 11.6. The third-order valence-electron chi connectivity index (χ3n) is 2.07. The molecule has 0 saturated carbocycles. The number of rotatable bonds is 6. The van der Waals surface area contributed by atoms with Gasteiger partial charge in [0.1, 0.15) is 5.25 Å². The summed E-state index contributed by atoms with van der Waals surface area (Å²) in [5.74, 6) is 0. The molecule has 0 aliphatic rings. The summed E-state index contributed by atoms with van der Waals surface area (Å²) >= 11 is 4.64. The number of sulfonamides is 1. The minimum absolute atomic E-state index is 0.0356. The molecule has 1 aromatic rings. The molecule has 16 heavy (non-hydrogen) atoms. The van der Waals surface area contributed by atoms with Crippen LogP contribution in [-0.2, 0) is 16.6 Å². The van der Waals surface area contributed by atoms with E-state index in [9.17, 15) is 8.42 Å². The fourth-order valence-corrected chi connectivity index (χ4v) is 2.32. The van der Waals surface area contributed by atoms with E-state index < -0.39 is 15.3 Å². The van der Waals surface area contributed by atoms with Crippen molar-refractivity contribution in [3.63, 3.8) is 0 Å². The first kappa shape index (κ1) is 13.1. The highest BCUT2D eigenvalue weighted by Gasteiger charge is 2.22. The fraction of sp³-hybridized carbons (Fsp3) is 0.500. The quantitative estimate of drug-likeness (QED) is 0.673. The maximum absolute atomic E-state index is 11.6. The molecular weight excluding hydrogens is 248 g/mol. The molecule has 0 bridgehead atoms. The molecule has 1 rings (SSSR count). The van der Waals surface area contributed by atoms with Crippen molar-refractivity contribution in [3.8, 4) is 0 Å². The van der Waals surface area contributed by atoms with Crippen LogP contribution in [0, 0.1) is 0 Å². The highest BCUT2D eigenvalue weighted by atomic mass is 32.2. The van der Waals surface area contributed by atoms with Crippen LogP contribution in [0.25, 0.3) is 0 Å². The van der Waals surface area contributed by atoms with Gasteiger partial charge in [0, 0.05) is 18.9 Å². The Bertz CT molecular complexity index is 441. The summed E-state index contributed by atoms with van der Waals surface area (Å²) < 4.78 is 27.2. The summed E-state index contributed by atoms with van der Waals surface area (Å²) in [5, 5.41) is 3.09. The Balaban J connectivity index is 2.46. The molecule has 0 radical (unpaired) electrons. The number of hydrogen-bond acceptors (Lipinski definition) is 4. The minimum atomic E-state index is -3.47. The van der Waals surface area contributed by atoms with Crippen LogP contribution < -0.4 is 10.5 Å². The third-order valence-corrected chi connectivity index (χ3v) is 4.36. The van der Waals surface area contributed by atoms with Gasteiger partial charge in [0.2, 0.25) is 10.0 Å².